The number of rotatable bonds is 6. The van der Waals surface area contributed by atoms with Gasteiger partial charge in [-0.1, -0.05) is 18.2 Å². The van der Waals surface area contributed by atoms with Gasteiger partial charge in [0.05, 0.1) is 25.9 Å². The number of hydrogen-bond donors (Lipinski definition) is 0. The van der Waals surface area contributed by atoms with Gasteiger partial charge in [-0.05, 0) is 41.8 Å². The van der Waals surface area contributed by atoms with Crippen LogP contribution in [0.25, 0.3) is 0 Å². The highest BCUT2D eigenvalue weighted by atomic mass is 16.5. The molecule has 4 nitrogen and oxygen atoms in total. The van der Waals surface area contributed by atoms with Crippen LogP contribution in [-0.2, 0) is 6.42 Å². The fraction of sp³-hybridized carbons (Fsp3) is 0.222. The monoisotopic (exact) mass is 294 g/mol. The summed E-state index contributed by atoms with van der Waals surface area (Å²) in [5.41, 5.74) is 2.79. The minimum atomic E-state index is 0.655. The van der Waals surface area contributed by atoms with Crippen LogP contribution in [0.3, 0.4) is 0 Å². The smallest absolute Gasteiger partial charge is 0.160 e. The van der Waals surface area contributed by atoms with Crippen LogP contribution in [0.4, 0.5) is 0 Å². The van der Waals surface area contributed by atoms with E-state index in [0.717, 1.165) is 29.0 Å². The van der Waals surface area contributed by atoms with E-state index in [4.69, 9.17) is 14.7 Å². The van der Waals surface area contributed by atoms with Gasteiger partial charge in [0, 0.05) is 12.8 Å². The van der Waals surface area contributed by atoms with Gasteiger partial charge < -0.3 is 9.47 Å². The van der Waals surface area contributed by atoms with Gasteiger partial charge >= 0.3 is 0 Å². The van der Waals surface area contributed by atoms with Gasteiger partial charge in [0.25, 0.3) is 0 Å². The highest BCUT2D eigenvalue weighted by molar-refractivity contribution is 5.79. The van der Waals surface area contributed by atoms with Crippen molar-refractivity contribution in [2.45, 2.75) is 6.42 Å². The molecule has 0 radical (unpaired) electrons. The molecule has 0 unspecified atom stereocenters. The Bertz CT molecular complexity index is 685. The standard InChI is InChI=1S/C18H18N2O2/c1-21-17-8-7-14(11-18(17)22-2)9-10-20-13-16-5-3-15(12-19)4-6-16/h3-8,11,13H,9-10H2,1-2H3. The first kappa shape index (κ1) is 15.6. The zero-order chi connectivity index (χ0) is 15.8. The first-order chi connectivity index (χ1) is 10.8. The van der Waals surface area contributed by atoms with Crippen molar-refractivity contribution in [3.63, 3.8) is 0 Å². The Morgan fingerprint density at radius 3 is 2.41 bits per heavy atom. The van der Waals surface area contributed by atoms with E-state index in [-0.39, 0.29) is 0 Å². The lowest BCUT2D eigenvalue weighted by molar-refractivity contribution is 0.354. The first-order valence-corrected chi connectivity index (χ1v) is 6.97. The molecule has 0 amide bonds. The van der Waals surface area contributed by atoms with Crippen LogP contribution in [0, 0.1) is 11.3 Å². The Kier molecular flexibility index (Phi) is 5.56. The molecule has 0 fully saturated rings. The fourth-order valence-electron chi connectivity index (χ4n) is 2.04. The number of nitriles is 1. The molecule has 112 valence electrons. The molecule has 2 aromatic rings. The van der Waals surface area contributed by atoms with Crippen LogP contribution < -0.4 is 9.47 Å². The SMILES string of the molecule is COc1ccc(CCN=Cc2ccc(C#N)cc2)cc1OC. The molecule has 0 aliphatic heterocycles. The zero-order valence-electron chi connectivity index (χ0n) is 12.7. The van der Waals surface area contributed by atoms with Gasteiger partial charge in [0.1, 0.15) is 0 Å². The predicted molar refractivity (Wildman–Crippen MR) is 86.9 cm³/mol. The highest BCUT2D eigenvalue weighted by Gasteiger charge is 2.03. The van der Waals surface area contributed by atoms with Crippen molar-refractivity contribution in [3.8, 4) is 17.6 Å². The van der Waals surface area contributed by atoms with E-state index in [0.29, 0.717) is 12.1 Å². The third-order valence-corrected chi connectivity index (χ3v) is 3.26. The summed E-state index contributed by atoms with van der Waals surface area (Å²) in [6.07, 6.45) is 2.65. The van der Waals surface area contributed by atoms with Crippen molar-refractivity contribution in [1.82, 2.24) is 0 Å². The molecular formula is C18H18N2O2. The summed E-state index contributed by atoms with van der Waals surface area (Å²) < 4.78 is 10.5. The molecule has 0 saturated heterocycles. The maximum absolute atomic E-state index is 8.75. The van der Waals surface area contributed by atoms with Crippen LogP contribution in [0.2, 0.25) is 0 Å². The van der Waals surface area contributed by atoms with Crippen LogP contribution in [0.1, 0.15) is 16.7 Å². The van der Waals surface area contributed by atoms with E-state index in [1.807, 2.05) is 36.5 Å². The minimum Gasteiger partial charge on any atom is -0.493 e. The molecule has 0 aliphatic carbocycles. The van der Waals surface area contributed by atoms with Crippen LogP contribution in [0.5, 0.6) is 11.5 Å². The number of benzene rings is 2. The van der Waals surface area contributed by atoms with Crippen LogP contribution in [0.15, 0.2) is 47.5 Å². The summed E-state index contributed by atoms with van der Waals surface area (Å²) in [6.45, 7) is 0.690. The lowest BCUT2D eigenvalue weighted by atomic mass is 10.1. The quantitative estimate of drug-likeness (QED) is 0.769. The molecule has 0 bridgehead atoms. The molecule has 0 saturated carbocycles. The summed E-state index contributed by atoms with van der Waals surface area (Å²) >= 11 is 0. The minimum absolute atomic E-state index is 0.655. The molecule has 0 heterocycles. The largest absolute Gasteiger partial charge is 0.493 e. The number of hydrogen-bond acceptors (Lipinski definition) is 4. The van der Waals surface area contributed by atoms with Gasteiger partial charge in [-0.25, -0.2) is 0 Å². The van der Waals surface area contributed by atoms with Gasteiger partial charge in [-0.15, -0.1) is 0 Å². The van der Waals surface area contributed by atoms with Gasteiger partial charge in [-0.3, -0.25) is 4.99 Å². The average Bonchev–Trinajstić information content (AvgIpc) is 2.59. The summed E-state index contributed by atoms with van der Waals surface area (Å²) in [5.74, 6) is 1.46. The van der Waals surface area contributed by atoms with Gasteiger partial charge in [0.2, 0.25) is 0 Å². The molecule has 0 atom stereocenters. The zero-order valence-corrected chi connectivity index (χ0v) is 12.7. The number of aliphatic imine (C=N–C) groups is 1. The Hall–Kier alpha value is -2.80. The van der Waals surface area contributed by atoms with E-state index >= 15 is 0 Å². The summed E-state index contributed by atoms with van der Waals surface area (Å²) in [5, 5.41) is 8.75. The Labute approximate surface area is 130 Å². The number of methoxy groups -OCH3 is 2. The van der Waals surface area contributed by atoms with E-state index in [9.17, 15) is 0 Å². The topological polar surface area (TPSA) is 54.6 Å². The normalized spacial score (nSPS) is 10.4. The molecule has 4 heteroatoms. The maximum Gasteiger partial charge on any atom is 0.160 e. The lowest BCUT2D eigenvalue weighted by Gasteiger charge is -2.08. The molecule has 0 aliphatic rings. The summed E-state index contributed by atoms with van der Waals surface area (Å²) in [4.78, 5) is 4.41. The van der Waals surface area contributed by atoms with E-state index in [2.05, 4.69) is 11.1 Å². The van der Waals surface area contributed by atoms with Crippen molar-refractivity contribution in [2.75, 3.05) is 20.8 Å². The third-order valence-electron chi connectivity index (χ3n) is 3.26. The van der Waals surface area contributed by atoms with E-state index in [1.165, 1.54) is 0 Å². The number of nitrogens with zero attached hydrogens (tertiary/aromatic N) is 2. The molecular weight excluding hydrogens is 276 g/mol. The Morgan fingerprint density at radius 2 is 1.77 bits per heavy atom. The predicted octanol–water partition coefficient (Wildman–Crippen LogP) is 3.24. The Morgan fingerprint density at radius 1 is 1.05 bits per heavy atom. The molecule has 0 aromatic heterocycles. The molecule has 22 heavy (non-hydrogen) atoms. The second-order valence-electron chi connectivity index (χ2n) is 4.71. The Balaban J connectivity index is 1.92. The highest BCUT2D eigenvalue weighted by Crippen LogP contribution is 2.27. The molecule has 0 N–H and O–H groups in total. The number of ether oxygens (including phenoxy) is 2. The third kappa shape index (κ3) is 4.10. The van der Waals surface area contributed by atoms with Crippen molar-refractivity contribution >= 4 is 6.21 Å². The second-order valence-corrected chi connectivity index (χ2v) is 4.71. The average molecular weight is 294 g/mol. The first-order valence-electron chi connectivity index (χ1n) is 6.97. The van der Waals surface area contributed by atoms with E-state index in [1.54, 1.807) is 26.4 Å². The summed E-state index contributed by atoms with van der Waals surface area (Å²) in [6, 6.07) is 15.3. The lowest BCUT2D eigenvalue weighted by Crippen LogP contribution is -1.95. The summed E-state index contributed by atoms with van der Waals surface area (Å²) in [7, 11) is 3.25. The second kappa shape index (κ2) is 7.84. The van der Waals surface area contributed by atoms with Crippen LogP contribution in [-0.4, -0.2) is 27.0 Å². The molecule has 2 rings (SSSR count). The van der Waals surface area contributed by atoms with Gasteiger partial charge in [-0.2, -0.15) is 5.26 Å². The van der Waals surface area contributed by atoms with Crippen molar-refractivity contribution in [1.29, 1.82) is 5.26 Å². The van der Waals surface area contributed by atoms with Crippen molar-refractivity contribution < 1.29 is 9.47 Å². The molecule has 0 spiro atoms. The van der Waals surface area contributed by atoms with Crippen molar-refractivity contribution in [2.24, 2.45) is 4.99 Å². The maximum atomic E-state index is 8.75. The van der Waals surface area contributed by atoms with E-state index < -0.39 is 0 Å². The molecule has 2 aromatic carbocycles. The van der Waals surface area contributed by atoms with Crippen LogP contribution >= 0.6 is 0 Å². The fourth-order valence-corrected chi connectivity index (χ4v) is 2.04. The van der Waals surface area contributed by atoms with Crippen molar-refractivity contribution in [3.05, 3.63) is 59.2 Å². The van der Waals surface area contributed by atoms with Gasteiger partial charge in [0.15, 0.2) is 11.5 Å².